The largest absolute Gasteiger partial charge is 0.356 e. The van der Waals surface area contributed by atoms with E-state index >= 15 is 0 Å². The molecule has 0 bridgehead atoms. The summed E-state index contributed by atoms with van der Waals surface area (Å²) < 4.78 is 1.09. The first-order valence-corrected chi connectivity index (χ1v) is 5.42. The van der Waals surface area contributed by atoms with Gasteiger partial charge in [0, 0.05) is 12.8 Å². The van der Waals surface area contributed by atoms with Gasteiger partial charge in [0.1, 0.15) is 5.78 Å². The molecule has 0 unspecified atom stereocenters. The third-order valence-corrected chi connectivity index (χ3v) is 2.75. The second-order valence-electron chi connectivity index (χ2n) is 4.00. The number of Topliss-reactive ketones (excluding diaryl/α,β-unsaturated/α-hetero) is 1. The van der Waals surface area contributed by atoms with E-state index in [9.17, 15) is 4.79 Å². The Morgan fingerprint density at radius 3 is 1.88 bits per heavy atom. The molecule has 0 saturated heterocycles. The van der Waals surface area contributed by atoms with Gasteiger partial charge in [0.2, 0.25) is 0 Å². The van der Waals surface area contributed by atoms with Gasteiger partial charge in [-0.15, -0.1) is 0 Å². The van der Waals surface area contributed by atoms with E-state index in [1.165, 1.54) is 0 Å². The van der Waals surface area contributed by atoms with Crippen LogP contribution in [0.3, 0.4) is 0 Å². The van der Waals surface area contributed by atoms with Crippen molar-refractivity contribution in [3.63, 3.8) is 0 Å². The van der Waals surface area contributed by atoms with Gasteiger partial charge >= 0.3 is 0 Å². The van der Waals surface area contributed by atoms with Crippen molar-refractivity contribution < 1.29 is 14.4 Å². The maximum Gasteiger partial charge on any atom is 0.130 e. The van der Waals surface area contributed by atoms with Gasteiger partial charge in [-0.1, -0.05) is 0 Å². The first-order valence-electron chi connectivity index (χ1n) is 5.42. The highest BCUT2D eigenvalue weighted by Gasteiger charge is 2.15. The summed E-state index contributed by atoms with van der Waals surface area (Å²) >= 11 is 0. The van der Waals surface area contributed by atoms with E-state index in [0.717, 1.165) is 37.0 Å². The van der Waals surface area contributed by atoms with Gasteiger partial charge in [0.25, 0.3) is 0 Å². The van der Waals surface area contributed by atoms with Crippen molar-refractivity contribution in [1.82, 2.24) is 0 Å². The molecule has 0 aromatic rings. The van der Waals surface area contributed by atoms with Crippen molar-refractivity contribution in [2.75, 3.05) is 26.7 Å². The number of rotatable bonds is 6. The minimum atomic E-state index is -1.75. The Labute approximate surface area is 96.6 Å². The zero-order valence-electron chi connectivity index (χ0n) is 10.6. The number of hydrogen-bond donors (Lipinski definition) is 0. The Bertz CT molecular complexity index is 211. The molecule has 0 heterocycles. The van der Waals surface area contributed by atoms with E-state index in [1.807, 2.05) is 0 Å². The van der Waals surface area contributed by atoms with Crippen molar-refractivity contribution in [2.45, 2.75) is 33.6 Å². The van der Waals surface area contributed by atoms with Crippen LogP contribution in [0.4, 0.5) is 0 Å². The molecule has 96 valence electrons. The van der Waals surface area contributed by atoms with Gasteiger partial charge in [-0.05, 0) is 20.8 Å². The van der Waals surface area contributed by atoms with Crippen molar-refractivity contribution >= 4 is 5.78 Å². The summed E-state index contributed by atoms with van der Waals surface area (Å²) in [5, 5.41) is 14.8. The predicted octanol–water partition coefficient (Wildman–Crippen LogP) is 1.60. The fourth-order valence-corrected chi connectivity index (χ4v) is 1.25. The first kappa shape index (κ1) is 17.2. The van der Waals surface area contributed by atoms with E-state index in [0.29, 0.717) is 5.78 Å². The standard InChI is InChI=1S/C10H22NO.NO3/c1-5-11(4,6-2)9-7-8-10(3)12;2-1(3)4/h5-9H2,1-4H3;/q+1;-1. The summed E-state index contributed by atoms with van der Waals surface area (Å²) in [7, 11) is 2.25. The van der Waals surface area contributed by atoms with Crippen LogP contribution < -0.4 is 0 Å². The van der Waals surface area contributed by atoms with Crippen LogP contribution in [0.5, 0.6) is 0 Å². The lowest BCUT2D eigenvalue weighted by Crippen LogP contribution is -2.44. The number of carbonyl (C=O) groups excluding carboxylic acids is 1. The monoisotopic (exact) mass is 234 g/mol. The molecule has 6 nitrogen and oxygen atoms in total. The first-order chi connectivity index (χ1) is 7.27. The maximum atomic E-state index is 10.7. The van der Waals surface area contributed by atoms with Crippen molar-refractivity contribution in [1.29, 1.82) is 0 Å². The minimum absolute atomic E-state index is 0.314. The molecule has 0 saturated carbocycles. The highest BCUT2D eigenvalue weighted by atomic mass is 16.9. The highest BCUT2D eigenvalue weighted by Crippen LogP contribution is 2.04. The fourth-order valence-electron chi connectivity index (χ4n) is 1.25. The Hall–Kier alpha value is -1.17. The minimum Gasteiger partial charge on any atom is -0.356 e. The topological polar surface area (TPSA) is 83.3 Å². The second kappa shape index (κ2) is 9.08. The van der Waals surface area contributed by atoms with Crippen LogP contribution in [-0.2, 0) is 4.79 Å². The van der Waals surface area contributed by atoms with Crippen molar-refractivity contribution in [3.8, 4) is 0 Å². The SMILES string of the molecule is CC[N+](C)(CC)CCCC(C)=O.O=[N+]([O-])[O-]. The van der Waals surface area contributed by atoms with Crippen molar-refractivity contribution in [2.24, 2.45) is 0 Å². The van der Waals surface area contributed by atoms with Gasteiger partial charge < -0.3 is 24.6 Å². The van der Waals surface area contributed by atoms with Gasteiger partial charge in [-0.3, -0.25) is 0 Å². The molecule has 0 spiro atoms. The lowest BCUT2D eigenvalue weighted by atomic mass is 10.2. The van der Waals surface area contributed by atoms with Gasteiger partial charge in [0.05, 0.1) is 31.8 Å². The third-order valence-electron chi connectivity index (χ3n) is 2.75. The van der Waals surface area contributed by atoms with Gasteiger partial charge in [0.15, 0.2) is 0 Å². The number of nitrogens with zero attached hydrogens (tertiary/aromatic N) is 2. The molecule has 0 rings (SSSR count). The van der Waals surface area contributed by atoms with Crippen LogP contribution in [0.25, 0.3) is 0 Å². The molecular weight excluding hydrogens is 212 g/mol. The van der Waals surface area contributed by atoms with Crippen LogP contribution >= 0.6 is 0 Å². The zero-order valence-corrected chi connectivity index (χ0v) is 10.6. The summed E-state index contributed by atoms with van der Waals surface area (Å²) in [6.45, 7) is 9.53. The van der Waals surface area contributed by atoms with Gasteiger partial charge in [-0.25, -0.2) is 0 Å². The molecule has 0 fully saturated rings. The molecule has 0 aromatic heterocycles. The number of ketones is 1. The molecule has 0 aliphatic rings. The molecule has 0 N–H and O–H groups in total. The van der Waals surface area contributed by atoms with Gasteiger partial charge in [-0.2, -0.15) is 0 Å². The molecule has 0 amide bonds. The van der Waals surface area contributed by atoms with E-state index in [1.54, 1.807) is 6.92 Å². The van der Waals surface area contributed by atoms with Crippen LogP contribution in [0, 0.1) is 15.3 Å². The van der Waals surface area contributed by atoms with E-state index in [2.05, 4.69) is 20.9 Å². The number of carbonyl (C=O) groups is 1. The zero-order chi connectivity index (χ0) is 13.2. The molecular formula is C10H22N2O4. The summed E-state index contributed by atoms with van der Waals surface area (Å²) in [6, 6.07) is 0. The lowest BCUT2D eigenvalue weighted by Gasteiger charge is -2.31. The molecule has 0 aliphatic heterocycles. The molecule has 0 aromatic carbocycles. The quantitative estimate of drug-likeness (QED) is 0.397. The second-order valence-corrected chi connectivity index (χ2v) is 4.00. The van der Waals surface area contributed by atoms with E-state index in [4.69, 9.17) is 15.3 Å². The smallest absolute Gasteiger partial charge is 0.130 e. The molecule has 0 atom stereocenters. The normalized spacial score (nSPS) is 10.2. The maximum absolute atomic E-state index is 10.7. The molecule has 0 radical (unpaired) electrons. The van der Waals surface area contributed by atoms with Crippen LogP contribution in [0.15, 0.2) is 0 Å². The Morgan fingerprint density at radius 2 is 1.62 bits per heavy atom. The Kier molecular flexibility index (Phi) is 9.78. The van der Waals surface area contributed by atoms with Crippen LogP contribution in [0.2, 0.25) is 0 Å². The summed E-state index contributed by atoms with van der Waals surface area (Å²) in [6.07, 6.45) is 1.78. The lowest BCUT2D eigenvalue weighted by molar-refractivity contribution is -0.906. The summed E-state index contributed by atoms with van der Waals surface area (Å²) in [5.74, 6) is 0.314. The molecule has 16 heavy (non-hydrogen) atoms. The Balaban J connectivity index is 0. The fraction of sp³-hybridized carbons (Fsp3) is 0.900. The number of hydrogen-bond acceptors (Lipinski definition) is 4. The van der Waals surface area contributed by atoms with Crippen molar-refractivity contribution in [3.05, 3.63) is 15.3 Å². The molecule has 0 aliphatic carbocycles. The highest BCUT2D eigenvalue weighted by molar-refractivity contribution is 5.75. The average Bonchev–Trinajstić information content (AvgIpc) is 2.16. The molecule has 6 heteroatoms. The summed E-state index contributed by atoms with van der Waals surface area (Å²) in [5.41, 5.74) is 0. The predicted molar refractivity (Wildman–Crippen MR) is 62.4 cm³/mol. The number of quaternary nitrogens is 1. The van der Waals surface area contributed by atoms with E-state index < -0.39 is 5.09 Å². The summed E-state index contributed by atoms with van der Waals surface area (Å²) in [4.78, 5) is 18.9. The Morgan fingerprint density at radius 1 is 1.25 bits per heavy atom. The van der Waals surface area contributed by atoms with Crippen LogP contribution in [-0.4, -0.2) is 42.0 Å². The average molecular weight is 234 g/mol. The van der Waals surface area contributed by atoms with E-state index in [-0.39, 0.29) is 0 Å². The third kappa shape index (κ3) is 12.8. The van der Waals surface area contributed by atoms with Crippen LogP contribution in [0.1, 0.15) is 33.6 Å².